The highest BCUT2D eigenvalue weighted by molar-refractivity contribution is 6.10. The fraction of sp³-hybridized carbons (Fsp3) is 0.550. The molecule has 0 saturated carbocycles. The molecule has 3 N–H and O–H groups in total. The fourth-order valence-electron chi connectivity index (χ4n) is 3.35. The van der Waals surface area contributed by atoms with E-state index < -0.39 is 24.5 Å². The van der Waals surface area contributed by atoms with Crippen LogP contribution in [0.4, 0.5) is 20.2 Å². The molecule has 1 aromatic rings. The van der Waals surface area contributed by atoms with Crippen LogP contribution in [0.25, 0.3) is 0 Å². The Morgan fingerprint density at radius 1 is 1.35 bits per heavy atom. The first-order valence-electron chi connectivity index (χ1n) is 9.66. The zero-order chi connectivity index (χ0) is 23.3. The third-order valence-electron chi connectivity index (χ3n) is 4.42. The van der Waals surface area contributed by atoms with E-state index in [1.165, 1.54) is 28.0 Å². The first-order valence-corrected chi connectivity index (χ1v) is 9.66. The molecule has 1 heterocycles. The molecule has 1 aliphatic rings. The van der Waals surface area contributed by atoms with Crippen molar-refractivity contribution in [2.24, 2.45) is 11.1 Å². The quantitative estimate of drug-likeness (QED) is 0.589. The summed E-state index contributed by atoms with van der Waals surface area (Å²) in [5.41, 5.74) is 5.43. The van der Waals surface area contributed by atoms with E-state index in [1.807, 2.05) is 20.8 Å². The molecule has 0 unspecified atom stereocenters. The summed E-state index contributed by atoms with van der Waals surface area (Å²) in [7, 11) is 1.57. The number of anilines is 2. The Morgan fingerprint density at radius 3 is 2.58 bits per heavy atom. The number of likely N-dealkylation sites (N-methyl/N-ethyl adjacent to an activating group) is 1. The van der Waals surface area contributed by atoms with Crippen molar-refractivity contribution in [2.75, 3.05) is 43.6 Å². The third kappa shape index (κ3) is 6.86. The van der Waals surface area contributed by atoms with Crippen LogP contribution in [-0.2, 0) is 19.1 Å². The van der Waals surface area contributed by atoms with Crippen LogP contribution in [0.1, 0.15) is 20.8 Å². The Balaban J connectivity index is 2.29. The molecule has 0 spiro atoms. The minimum absolute atomic E-state index is 0.0785. The SMILES string of the molecule is CN(CC(C)(C)C)[C@@H](C(N)=O)C(=O)Nc1ccc(N2CCOCC2=O)cc1OC(F)F. The van der Waals surface area contributed by atoms with Crippen LogP contribution >= 0.6 is 0 Å². The van der Waals surface area contributed by atoms with Gasteiger partial charge in [-0.15, -0.1) is 0 Å². The Hall–Kier alpha value is -2.79. The maximum absolute atomic E-state index is 13.0. The summed E-state index contributed by atoms with van der Waals surface area (Å²) in [6.45, 7) is 3.44. The van der Waals surface area contributed by atoms with Gasteiger partial charge in [0.25, 0.3) is 11.8 Å². The summed E-state index contributed by atoms with van der Waals surface area (Å²) in [5.74, 6) is -2.34. The van der Waals surface area contributed by atoms with Gasteiger partial charge in [-0.3, -0.25) is 19.3 Å². The number of morpholine rings is 1. The molecule has 11 heteroatoms. The minimum atomic E-state index is -3.17. The van der Waals surface area contributed by atoms with Crippen molar-refractivity contribution in [3.8, 4) is 5.75 Å². The fourth-order valence-corrected chi connectivity index (χ4v) is 3.35. The number of primary amides is 1. The number of hydrogen-bond acceptors (Lipinski definition) is 6. The summed E-state index contributed by atoms with van der Waals surface area (Å²) in [6.07, 6.45) is 0. The van der Waals surface area contributed by atoms with Gasteiger partial charge >= 0.3 is 6.61 Å². The van der Waals surface area contributed by atoms with E-state index in [2.05, 4.69) is 10.1 Å². The number of nitrogens with zero attached hydrogens (tertiary/aromatic N) is 2. The summed E-state index contributed by atoms with van der Waals surface area (Å²) in [4.78, 5) is 39.6. The van der Waals surface area contributed by atoms with E-state index in [0.717, 1.165) is 0 Å². The van der Waals surface area contributed by atoms with Crippen LogP contribution in [0.5, 0.6) is 5.75 Å². The van der Waals surface area contributed by atoms with Crippen LogP contribution in [0.3, 0.4) is 0 Å². The number of carbonyl (C=O) groups is 3. The molecule has 0 aromatic heterocycles. The van der Waals surface area contributed by atoms with Crippen molar-refractivity contribution in [1.29, 1.82) is 0 Å². The Labute approximate surface area is 179 Å². The number of halogens is 2. The van der Waals surface area contributed by atoms with Gasteiger partial charge in [-0.2, -0.15) is 8.78 Å². The van der Waals surface area contributed by atoms with E-state index >= 15 is 0 Å². The first kappa shape index (κ1) is 24.5. The van der Waals surface area contributed by atoms with Crippen molar-refractivity contribution in [3.63, 3.8) is 0 Å². The minimum Gasteiger partial charge on any atom is -0.433 e. The lowest BCUT2D eigenvalue weighted by Gasteiger charge is -2.31. The smallest absolute Gasteiger partial charge is 0.387 e. The highest BCUT2D eigenvalue weighted by Crippen LogP contribution is 2.32. The van der Waals surface area contributed by atoms with Gasteiger partial charge in [0, 0.05) is 24.8 Å². The average molecular weight is 442 g/mol. The van der Waals surface area contributed by atoms with Gasteiger partial charge in [-0.1, -0.05) is 20.8 Å². The van der Waals surface area contributed by atoms with Crippen molar-refractivity contribution in [1.82, 2.24) is 4.90 Å². The molecule has 1 aliphatic heterocycles. The maximum atomic E-state index is 13.0. The van der Waals surface area contributed by atoms with E-state index in [1.54, 1.807) is 7.05 Å². The molecular weight excluding hydrogens is 414 g/mol. The molecule has 0 bridgehead atoms. The third-order valence-corrected chi connectivity index (χ3v) is 4.42. The van der Waals surface area contributed by atoms with Gasteiger partial charge in [0.2, 0.25) is 5.91 Å². The molecule has 31 heavy (non-hydrogen) atoms. The van der Waals surface area contributed by atoms with Gasteiger partial charge in [0.15, 0.2) is 11.8 Å². The van der Waals surface area contributed by atoms with Gasteiger partial charge in [0.1, 0.15) is 6.61 Å². The molecule has 2 rings (SSSR count). The Morgan fingerprint density at radius 2 is 2.03 bits per heavy atom. The molecule has 1 saturated heterocycles. The Kier molecular flexibility index (Phi) is 7.91. The molecule has 9 nitrogen and oxygen atoms in total. The maximum Gasteiger partial charge on any atom is 0.387 e. The van der Waals surface area contributed by atoms with Crippen LogP contribution in [-0.4, -0.2) is 68.6 Å². The highest BCUT2D eigenvalue weighted by Gasteiger charge is 2.32. The standard InChI is InChI=1S/C20H28F2N4O5/c1-20(2,3)11-25(4)16(17(23)28)18(29)24-13-6-5-12(9-14(13)31-19(21)22)26-7-8-30-10-15(26)27/h5-6,9,16,19H,7-8,10-11H2,1-4H3,(H2,23,28)(H,24,29)/t16-/m0/s1. The zero-order valence-electron chi connectivity index (χ0n) is 18.0. The second-order valence-corrected chi connectivity index (χ2v) is 8.43. The van der Waals surface area contributed by atoms with E-state index in [9.17, 15) is 23.2 Å². The monoisotopic (exact) mass is 442 g/mol. The zero-order valence-corrected chi connectivity index (χ0v) is 18.0. The largest absolute Gasteiger partial charge is 0.433 e. The van der Waals surface area contributed by atoms with Gasteiger partial charge in [-0.05, 0) is 24.6 Å². The topological polar surface area (TPSA) is 114 Å². The number of rotatable bonds is 8. The van der Waals surface area contributed by atoms with Crippen LogP contribution < -0.4 is 20.7 Å². The van der Waals surface area contributed by atoms with Crippen molar-refractivity contribution >= 4 is 29.1 Å². The number of benzene rings is 1. The highest BCUT2D eigenvalue weighted by atomic mass is 19.3. The van der Waals surface area contributed by atoms with E-state index in [0.29, 0.717) is 18.8 Å². The van der Waals surface area contributed by atoms with Gasteiger partial charge in [-0.25, -0.2) is 0 Å². The Bertz CT molecular complexity index is 828. The van der Waals surface area contributed by atoms with E-state index in [-0.39, 0.29) is 35.9 Å². The number of amides is 3. The number of ether oxygens (including phenoxy) is 2. The average Bonchev–Trinajstić information content (AvgIpc) is 2.61. The van der Waals surface area contributed by atoms with Crippen LogP contribution in [0.2, 0.25) is 0 Å². The second-order valence-electron chi connectivity index (χ2n) is 8.43. The lowest BCUT2D eigenvalue weighted by Crippen LogP contribution is -2.52. The number of nitrogens with one attached hydrogen (secondary N) is 1. The first-order chi connectivity index (χ1) is 14.4. The number of nitrogens with two attached hydrogens (primary N) is 1. The van der Waals surface area contributed by atoms with Crippen molar-refractivity contribution in [2.45, 2.75) is 33.4 Å². The van der Waals surface area contributed by atoms with Gasteiger partial charge < -0.3 is 25.4 Å². The predicted molar refractivity (Wildman–Crippen MR) is 110 cm³/mol. The summed E-state index contributed by atoms with van der Waals surface area (Å²) >= 11 is 0. The molecule has 0 aliphatic carbocycles. The molecule has 0 radical (unpaired) electrons. The molecule has 3 amide bonds. The molecular formula is C20H28F2N4O5. The lowest BCUT2D eigenvalue weighted by molar-refractivity contribution is -0.132. The molecule has 1 aromatic carbocycles. The summed E-state index contributed by atoms with van der Waals surface area (Å²) in [6, 6.07) is 2.72. The number of carbonyl (C=O) groups excluding carboxylic acids is 3. The lowest BCUT2D eigenvalue weighted by atomic mass is 9.95. The van der Waals surface area contributed by atoms with Gasteiger partial charge in [0.05, 0.1) is 12.3 Å². The normalized spacial score (nSPS) is 15.9. The molecule has 172 valence electrons. The summed E-state index contributed by atoms with van der Waals surface area (Å²) in [5, 5.41) is 2.44. The van der Waals surface area contributed by atoms with Crippen molar-refractivity contribution in [3.05, 3.63) is 18.2 Å². The number of hydrogen-bond donors (Lipinski definition) is 2. The van der Waals surface area contributed by atoms with E-state index in [4.69, 9.17) is 10.5 Å². The molecule has 1 atom stereocenters. The molecule has 1 fully saturated rings. The van der Waals surface area contributed by atoms with Crippen LogP contribution in [0, 0.1) is 5.41 Å². The van der Waals surface area contributed by atoms with Crippen LogP contribution in [0.15, 0.2) is 18.2 Å². The second kappa shape index (κ2) is 10.0. The number of alkyl halides is 2. The summed E-state index contributed by atoms with van der Waals surface area (Å²) < 4.78 is 35.6. The predicted octanol–water partition coefficient (Wildman–Crippen LogP) is 1.42. The van der Waals surface area contributed by atoms with Crippen molar-refractivity contribution < 1.29 is 32.6 Å².